The molecule has 6 heteroatoms. The molecule has 24 heavy (non-hydrogen) atoms. The van der Waals surface area contributed by atoms with Gasteiger partial charge in [-0.2, -0.15) is 0 Å². The number of likely N-dealkylation sites (tertiary alicyclic amines) is 1. The summed E-state index contributed by atoms with van der Waals surface area (Å²) in [6.07, 6.45) is 3.43. The van der Waals surface area contributed by atoms with Gasteiger partial charge in [-0.25, -0.2) is 4.98 Å². The second-order valence-electron chi connectivity index (χ2n) is 6.02. The molecule has 126 valence electrons. The van der Waals surface area contributed by atoms with E-state index >= 15 is 0 Å². The molecule has 1 N–H and O–H groups in total. The minimum atomic E-state index is -0.0875. The van der Waals surface area contributed by atoms with Crippen molar-refractivity contribution in [1.82, 2.24) is 15.2 Å². The highest BCUT2D eigenvalue weighted by atomic mass is 35.5. The summed E-state index contributed by atoms with van der Waals surface area (Å²) in [5.74, 6) is -0.0875. The zero-order valence-electron chi connectivity index (χ0n) is 13.2. The Morgan fingerprint density at radius 2 is 1.88 bits per heavy atom. The third-order valence-corrected chi connectivity index (χ3v) is 4.69. The van der Waals surface area contributed by atoms with E-state index < -0.39 is 0 Å². The molecule has 4 nitrogen and oxygen atoms in total. The van der Waals surface area contributed by atoms with Gasteiger partial charge >= 0.3 is 0 Å². The fourth-order valence-electron chi connectivity index (χ4n) is 2.90. The van der Waals surface area contributed by atoms with Gasteiger partial charge in [-0.1, -0.05) is 35.3 Å². The first kappa shape index (κ1) is 17.2. The van der Waals surface area contributed by atoms with Crippen molar-refractivity contribution >= 4 is 29.1 Å². The topological polar surface area (TPSA) is 45.2 Å². The third kappa shape index (κ3) is 4.69. The number of halogens is 2. The smallest absolute Gasteiger partial charge is 0.251 e. The van der Waals surface area contributed by atoms with Crippen LogP contribution in [0.3, 0.4) is 0 Å². The Bertz CT molecular complexity index is 698. The van der Waals surface area contributed by atoms with E-state index in [4.69, 9.17) is 23.2 Å². The van der Waals surface area contributed by atoms with Crippen LogP contribution >= 0.6 is 23.2 Å². The highest BCUT2D eigenvalue weighted by Gasteiger charge is 2.21. The Morgan fingerprint density at radius 3 is 2.54 bits per heavy atom. The molecule has 2 heterocycles. The van der Waals surface area contributed by atoms with Crippen LogP contribution in [-0.4, -0.2) is 34.9 Å². The van der Waals surface area contributed by atoms with Gasteiger partial charge in [0.2, 0.25) is 0 Å². The molecule has 1 fully saturated rings. The van der Waals surface area contributed by atoms with E-state index in [1.54, 1.807) is 18.3 Å². The molecule has 0 saturated carbocycles. The van der Waals surface area contributed by atoms with Gasteiger partial charge in [0.15, 0.2) is 0 Å². The van der Waals surface area contributed by atoms with E-state index in [1.807, 2.05) is 12.1 Å². The van der Waals surface area contributed by atoms with Crippen molar-refractivity contribution in [2.45, 2.75) is 25.4 Å². The fourth-order valence-corrected chi connectivity index (χ4v) is 3.20. The van der Waals surface area contributed by atoms with E-state index in [1.165, 1.54) is 5.56 Å². The summed E-state index contributed by atoms with van der Waals surface area (Å²) in [6, 6.07) is 11.4. The molecule has 1 amide bonds. The van der Waals surface area contributed by atoms with Gasteiger partial charge in [-0.05, 0) is 42.7 Å². The predicted octanol–water partition coefficient (Wildman–Crippen LogP) is 3.78. The summed E-state index contributed by atoms with van der Waals surface area (Å²) in [5, 5.41) is 4.18. The van der Waals surface area contributed by atoms with Crippen molar-refractivity contribution in [2.75, 3.05) is 13.1 Å². The maximum absolute atomic E-state index is 12.2. The first-order chi connectivity index (χ1) is 11.6. The zero-order valence-corrected chi connectivity index (χ0v) is 14.7. The normalized spacial score (nSPS) is 16.1. The molecular formula is C18H19Cl2N3O. The number of hydrogen-bond donors (Lipinski definition) is 1. The van der Waals surface area contributed by atoms with Gasteiger partial charge in [-0.3, -0.25) is 9.69 Å². The first-order valence-corrected chi connectivity index (χ1v) is 8.75. The number of nitrogens with zero attached hydrogens (tertiary/aromatic N) is 2. The Hall–Kier alpha value is -1.62. The van der Waals surface area contributed by atoms with Crippen molar-refractivity contribution < 1.29 is 4.79 Å². The molecule has 0 bridgehead atoms. The molecule has 0 unspecified atom stereocenters. The van der Waals surface area contributed by atoms with Crippen LogP contribution < -0.4 is 5.32 Å². The maximum Gasteiger partial charge on any atom is 0.251 e. The Kier molecular flexibility index (Phi) is 5.72. The summed E-state index contributed by atoms with van der Waals surface area (Å²) in [4.78, 5) is 18.5. The Labute approximate surface area is 151 Å². The minimum Gasteiger partial charge on any atom is -0.349 e. The summed E-state index contributed by atoms with van der Waals surface area (Å²) < 4.78 is 0. The molecule has 1 saturated heterocycles. The second kappa shape index (κ2) is 7.97. The van der Waals surface area contributed by atoms with Gasteiger partial charge in [-0.15, -0.1) is 0 Å². The number of pyridine rings is 1. The van der Waals surface area contributed by atoms with Gasteiger partial charge < -0.3 is 5.32 Å². The molecular weight excluding hydrogens is 345 g/mol. The Morgan fingerprint density at radius 1 is 1.17 bits per heavy atom. The second-order valence-corrected chi connectivity index (χ2v) is 6.84. The van der Waals surface area contributed by atoms with Crippen molar-refractivity contribution in [1.29, 1.82) is 0 Å². The standard InChI is InChI=1S/C18H19Cl2N3O/c19-15-3-1-13(2-4-15)12-23-9-6-16(7-10-23)22-18(24)14-5-8-21-17(20)11-14/h1-5,8,11,16H,6-7,9-10,12H2,(H,22,24). The molecule has 2 aromatic rings. The maximum atomic E-state index is 12.2. The third-order valence-electron chi connectivity index (χ3n) is 4.23. The van der Waals surface area contributed by atoms with Crippen molar-refractivity contribution in [3.63, 3.8) is 0 Å². The molecule has 0 atom stereocenters. The van der Waals surface area contributed by atoms with E-state index in [0.717, 1.165) is 37.5 Å². The fraction of sp³-hybridized carbons (Fsp3) is 0.333. The number of nitrogens with one attached hydrogen (secondary N) is 1. The SMILES string of the molecule is O=C(NC1CCN(Cc2ccc(Cl)cc2)CC1)c1ccnc(Cl)c1. The van der Waals surface area contributed by atoms with E-state index in [0.29, 0.717) is 10.7 Å². The van der Waals surface area contributed by atoms with Gasteiger partial charge in [0.25, 0.3) is 5.91 Å². The molecule has 0 spiro atoms. The van der Waals surface area contributed by atoms with E-state index in [-0.39, 0.29) is 11.9 Å². The monoisotopic (exact) mass is 363 g/mol. The van der Waals surface area contributed by atoms with Crippen molar-refractivity contribution in [2.24, 2.45) is 0 Å². The van der Waals surface area contributed by atoms with Crippen LogP contribution in [0.25, 0.3) is 0 Å². The predicted molar refractivity (Wildman–Crippen MR) is 96.5 cm³/mol. The summed E-state index contributed by atoms with van der Waals surface area (Å²) in [6.45, 7) is 2.84. The number of carbonyl (C=O) groups is 1. The van der Waals surface area contributed by atoms with Crippen LogP contribution in [0, 0.1) is 0 Å². The summed E-state index contributed by atoms with van der Waals surface area (Å²) in [7, 11) is 0. The molecule has 1 aromatic carbocycles. The summed E-state index contributed by atoms with van der Waals surface area (Å²) in [5.41, 5.74) is 1.81. The highest BCUT2D eigenvalue weighted by molar-refractivity contribution is 6.30. The number of benzene rings is 1. The van der Waals surface area contributed by atoms with Crippen LogP contribution in [0.1, 0.15) is 28.8 Å². The lowest BCUT2D eigenvalue weighted by molar-refractivity contribution is 0.0909. The van der Waals surface area contributed by atoms with Crippen molar-refractivity contribution in [3.05, 3.63) is 63.9 Å². The number of carbonyl (C=O) groups excluding carboxylic acids is 1. The molecule has 1 aromatic heterocycles. The lowest BCUT2D eigenvalue weighted by Gasteiger charge is -2.32. The number of aromatic nitrogens is 1. The van der Waals surface area contributed by atoms with Crippen molar-refractivity contribution in [3.8, 4) is 0 Å². The van der Waals surface area contributed by atoms with Gasteiger partial charge in [0.05, 0.1) is 0 Å². The lowest BCUT2D eigenvalue weighted by Crippen LogP contribution is -2.44. The largest absolute Gasteiger partial charge is 0.349 e. The van der Waals surface area contributed by atoms with E-state index in [2.05, 4.69) is 27.3 Å². The Balaban J connectivity index is 1.48. The summed E-state index contributed by atoms with van der Waals surface area (Å²) >= 11 is 11.7. The van der Waals surface area contributed by atoms with Crippen LogP contribution in [0.2, 0.25) is 10.2 Å². The first-order valence-electron chi connectivity index (χ1n) is 7.99. The lowest BCUT2D eigenvalue weighted by atomic mass is 10.0. The number of piperidine rings is 1. The molecule has 0 radical (unpaired) electrons. The van der Waals surface area contributed by atoms with Crippen LogP contribution in [0.5, 0.6) is 0 Å². The molecule has 3 rings (SSSR count). The average molecular weight is 364 g/mol. The highest BCUT2D eigenvalue weighted by Crippen LogP contribution is 2.16. The molecule has 1 aliphatic heterocycles. The van der Waals surface area contributed by atoms with Gasteiger partial charge in [0.1, 0.15) is 5.15 Å². The number of hydrogen-bond acceptors (Lipinski definition) is 3. The number of amides is 1. The van der Waals surface area contributed by atoms with E-state index in [9.17, 15) is 4.79 Å². The van der Waals surface area contributed by atoms with Crippen LogP contribution in [-0.2, 0) is 6.54 Å². The van der Waals surface area contributed by atoms with Crippen LogP contribution in [0.15, 0.2) is 42.6 Å². The van der Waals surface area contributed by atoms with Gasteiger partial charge in [0, 0.05) is 42.5 Å². The number of rotatable bonds is 4. The minimum absolute atomic E-state index is 0.0875. The average Bonchev–Trinajstić information content (AvgIpc) is 2.59. The molecule has 1 aliphatic rings. The zero-order chi connectivity index (χ0) is 16.9. The quantitative estimate of drug-likeness (QED) is 0.840. The van der Waals surface area contributed by atoms with Crippen LogP contribution in [0.4, 0.5) is 0 Å². The molecule has 0 aliphatic carbocycles.